The third kappa shape index (κ3) is 7.11. The Morgan fingerprint density at radius 3 is 2.49 bits per heavy atom. The van der Waals surface area contributed by atoms with Gasteiger partial charge in [-0.15, -0.1) is 13.2 Å². The van der Waals surface area contributed by atoms with E-state index in [-0.39, 0.29) is 11.6 Å². The number of aryl methyl sites for hydroxylation is 1. The molecule has 0 bridgehead atoms. The molecule has 3 aromatic carbocycles. The fourth-order valence-electron chi connectivity index (χ4n) is 3.89. The van der Waals surface area contributed by atoms with Gasteiger partial charge in [0.2, 0.25) is 0 Å². The molecule has 202 valence electrons. The van der Waals surface area contributed by atoms with E-state index in [1.54, 1.807) is 17.9 Å². The maximum atomic E-state index is 12.4. The number of benzene rings is 3. The molecule has 1 aromatic heterocycles. The monoisotopic (exact) mass is 553 g/mol. The summed E-state index contributed by atoms with van der Waals surface area (Å²) in [5, 5.41) is 24.2. The molecular weight excluding hydrogens is 527 g/mol. The fraction of sp³-hybridized carbons (Fsp3) is 0.185. The first-order valence-electron chi connectivity index (χ1n) is 11.9. The molecule has 0 saturated heterocycles. The molecule has 0 spiro atoms. The first kappa shape index (κ1) is 27.6. The number of ether oxygens (including phenoxy) is 1. The first-order valence-corrected chi connectivity index (χ1v) is 12.3. The molecule has 0 atom stereocenters. The van der Waals surface area contributed by atoms with Gasteiger partial charge in [0.15, 0.2) is 10.9 Å². The number of nitrogens with zero attached hydrogens (tertiary/aromatic N) is 3. The molecule has 12 heteroatoms. The molecule has 0 saturated carbocycles. The smallest absolute Gasteiger partial charge is 0.406 e. The van der Waals surface area contributed by atoms with Crippen molar-refractivity contribution in [2.24, 2.45) is 12.1 Å². The van der Waals surface area contributed by atoms with Crippen molar-refractivity contribution in [2.45, 2.75) is 26.1 Å². The van der Waals surface area contributed by atoms with Gasteiger partial charge in [-0.3, -0.25) is 15.5 Å². The SMILES string of the molecule is CC(C)c1ccccc1NC(=S)NN=Cc1ccc2c(NC(=N)c3ccc(OC(F)(F)F)cc3)nn(C)c2c1. The van der Waals surface area contributed by atoms with E-state index in [1.165, 1.54) is 12.1 Å². The normalized spacial score (nSPS) is 11.7. The van der Waals surface area contributed by atoms with Gasteiger partial charge >= 0.3 is 6.36 Å². The Bertz CT molecular complexity index is 1530. The molecule has 4 rings (SSSR count). The highest BCUT2D eigenvalue weighted by atomic mass is 32.1. The predicted octanol–water partition coefficient (Wildman–Crippen LogP) is 6.35. The second kappa shape index (κ2) is 11.5. The minimum atomic E-state index is -4.78. The van der Waals surface area contributed by atoms with Gasteiger partial charge < -0.3 is 15.4 Å². The van der Waals surface area contributed by atoms with E-state index >= 15 is 0 Å². The summed E-state index contributed by atoms with van der Waals surface area (Å²) in [6, 6.07) is 18.6. The zero-order chi connectivity index (χ0) is 28.2. The van der Waals surface area contributed by atoms with Gasteiger partial charge in [0.05, 0.1) is 11.7 Å². The predicted molar refractivity (Wildman–Crippen MR) is 152 cm³/mol. The van der Waals surface area contributed by atoms with E-state index in [9.17, 15) is 13.2 Å². The van der Waals surface area contributed by atoms with E-state index in [0.717, 1.165) is 39.8 Å². The van der Waals surface area contributed by atoms with Crippen molar-refractivity contribution in [2.75, 3.05) is 10.6 Å². The number of nitrogens with one attached hydrogen (secondary N) is 4. The fourth-order valence-corrected chi connectivity index (χ4v) is 4.05. The number of fused-ring (bicyclic) bond motifs is 1. The summed E-state index contributed by atoms with van der Waals surface area (Å²) < 4.78 is 42.7. The molecule has 0 aliphatic carbocycles. The molecule has 0 aliphatic heterocycles. The molecular formula is C27H26F3N7OS. The summed E-state index contributed by atoms with van der Waals surface area (Å²) in [7, 11) is 1.77. The van der Waals surface area contributed by atoms with Gasteiger partial charge in [-0.1, -0.05) is 38.1 Å². The van der Waals surface area contributed by atoms with Gasteiger partial charge in [-0.05, 0) is 71.7 Å². The number of hydrogen-bond donors (Lipinski definition) is 4. The van der Waals surface area contributed by atoms with Gasteiger partial charge in [0, 0.05) is 23.7 Å². The summed E-state index contributed by atoms with van der Waals surface area (Å²) in [6.45, 7) is 4.23. The van der Waals surface area contributed by atoms with E-state index in [2.05, 4.69) is 50.9 Å². The molecule has 0 unspecified atom stereocenters. The lowest BCUT2D eigenvalue weighted by atomic mass is 10.0. The molecule has 4 aromatic rings. The summed E-state index contributed by atoms with van der Waals surface area (Å²) >= 11 is 5.37. The van der Waals surface area contributed by atoms with Crippen molar-refractivity contribution in [3.05, 3.63) is 83.4 Å². The largest absolute Gasteiger partial charge is 0.573 e. The summed E-state index contributed by atoms with van der Waals surface area (Å²) in [5.74, 6) is 0.391. The number of alkyl halides is 3. The van der Waals surface area contributed by atoms with E-state index in [4.69, 9.17) is 17.6 Å². The third-order valence-corrected chi connectivity index (χ3v) is 5.90. The highest BCUT2D eigenvalue weighted by Crippen LogP contribution is 2.26. The lowest BCUT2D eigenvalue weighted by molar-refractivity contribution is -0.274. The van der Waals surface area contributed by atoms with Crippen molar-refractivity contribution in [3.63, 3.8) is 0 Å². The highest BCUT2D eigenvalue weighted by Gasteiger charge is 2.31. The van der Waals surface area contributed by atoms with Gasteiger partial charge in [0.25, 0.3) is 0 Å². The summed E-state index contributed by atoms with van der Waals surface area (Å²) in [6.07, 6.45) is -3.14. The number of amidine groups is 1. The topological polar surface area (TPSA) is 99.4 Å². The number of anilines is 2. The van der Waals surface area contributed by atoms with Crippen LogP contribution in [0.2, 0.25) is 0 Å². The van der Waals surface area contributed by atoms with Crippen LogP contribution in [0.3, 0.4) is 0 Å². The Hall–Kier alpha value is -4.45. The Morgan fingerprint density at radius 1 is 1.08 bits per heavy atom. The zero-order valence-corrected chi connectivity index (χ0v) is 22.1. The molecule has 39 heavy (non-hydrogen) atoms. The van der Waals surface area contributed by atoms with Crippen LogP contribution in [-0.2, 0) is 7.05 Å². The van der Waals surface area contributed by atoms with E-state index in [1.807, 2.05) is 36.4 Å². The highest BCUT2D eigenvalue weighted by molar-refractivity contribution is 7.80. The second-order valence-electron chi connectivity index (χ2n) is 8.89. The number of aromatic nitrogens is 2. The summed E-state index contributed by atoms with van der Waals surface area (Å²) in [5.41, 5.74) is 6.86. The van der Waals surface area contributed by atoms with E-state index in [0.29, 0.717) is 22.4 Å². The first-order chi connectivity index (χ1) is 18.5. The number of rotatable bonds is 7. The van der Waals surface area contributed by atoms with Gasteiger partial charge in [0.1, 0.15) is 11.6 Å². The van der Waals surface area contributed by atoms with Crippen LogP contribution < -0.4 is 20.8 Å². The Morgan fingerprint density at radius 2 is 1.79 bits per heavy atom. The average Bonchev–Trinajstić information content (AvgIpc) is 3.18. The molecule has 4 N–H and O–H groups in total. The van der Waals surface area contributed by atoms with Crippen LogP contribution in [0, 0.1) is 5.41 Å². The molecule has 1 heterocycles. The number of hydrazone groups is 1. The van der Waals surface area contributed by atoms with Crippen LogP contribution in [-0.4, -0.2) is 33.3 Å². The molecule has 0 radical (unpaired) electrons. The van der Waals surface area contributed by atoms with Crippen molar-refractivity contribution in [3.8, 4) is 5.75 Å². The van der Waals surface area contributed by atoms with Gasteiger partial charge in [-0.2, -0.15) is 10.2 Å². The lowest BCUT2D eigenvalue weighted by Gasteiger charge is -2.14. The number of halogens is 3. The quantitative estimate of drug-likeness (QED) is 0.0921. The number of thiocarbonyl (C=S) groups is 1. The molecule has 0 amide bonds. The number of para-hydroxylation sites is 1. The zero-order valence-electron chi connectivity index (χ0n) is 21.3. The van der Waals surface area contributed by atoms with Crippen LogP contribution in [0.25, 0.3) is 10.9 Å². The minimum Gasteiger partial charge on any atom is -0.406 e. The lowest BCUT2D eigenvalue weighted by Crippen LogP contribution is -2.24. The minimum absolute atomic E-state index is 0.0246. The van der Waals surface area contributed by atoms with E-state index < -0.39 is 6.36 Å². The maximum absolute atomic E-state index is 12.4. The van der Waals surface area contributed by atoms with Crippen LogP contribution in [0.1, 0.15) is 36.5 Å². The van der Waals surface area contributed by atoms with Crippen LogP contribution >= 0.6 is 12.2 Å². The van der Waals surface area contributed by atoms with Crippen LogP contribution in [0.4, 0.5) is 24.7 Å². The van der Waals surface area contributed by atoms with Crippen molar-refractivity contribution in [1.82, 2.24) is 15.2 Å². The number of hydrogen-bond acceptors (Lipinski definition) is 5. The standard InChI is InChI=1S/C27H26F3N7OS/c1-16(2)20-6-4-5-7-22(20)33-26(39)35-32-15-17-8-13-21-23(14-17)37(3)36-25(21)34-24(31)18-9-11-19(12-10-18)38-27(28,29)30/h4-16H,1-3H3,(H2,31,34,36)(H2,33,35,39). The Balaban J connectivity index is 1.41. The van der Waals surface area contributed by atoms with Crippen molar-refractivity contribution >= 4 is 51.8 Å². The summed E-state index contributed by atoms with van der Waals surface area (Å²) in [4.78, 5) is 0. The molecule has 0 fully saturated rings. The van der Waals surface area contributed by atoms with Gasteiger partial charge in [-0.25, -0.2) is 0 Å². The second-order valence-corrected chi connectivity index (χ2v) is 9.30. The molecule has 0 aliphatic rings. The third-order valence-electron chi connectivity index (χ3n) is 5.71. The maximum Gasteiger partial charge on any atom is 0.573 e. The Kier molecular flexibility index (Phi) is 8.15. The van der Waals surface area contributed by atoms with Crippen LogP contribution in [0.15, 0.2) is 71.8 Å². The Labute approximate surface area is 228 Å². The van der Waals surface area contributed by atoms with Crippen LogP contribution in [0.5, 0.6) is 5.75 Å². The molecule has 8 nitrogen and oxygen atoms in total. The van der Waals surface area contributed by atoms with Crippen molar-refractivity contribution < 1.29 is 17.9 Å². The average molecular weight is 554 g/mol. The van der Waals surface area contributed by atoms with Crippen molar-refractivity contribution in [1.29, 1.82) is 5.41 Å².